The molecule has 18 heavy (non-hydrogen) atoms. The zero-order chi connectivity index (χ0) is 12.8. The van der Waals surface area contributed by atoms with Gasteiger partial charge in [-0.05, 0) is 25.5 Å². The van der Waals surface area contributed by atoms with Crippen molar-refractivity contribution in [1.29, 1.82) is 0 Å². The van der Waals surface area contributed by atoms with Gasteiger partial charge in [0.05, 0.1) is 6.61 Å². The Morgan fingerprint density at radius 3 is 3.06 bits per heavy atom. The molecule has 1 aromatic rings. The van der Waals surface area contributed by atoms with Crippen molar-refractivity contribution in [2.45, 2.75) is 25.4 Å². The highest BCUT2D eigenvalue weighted by atomic mass is 16.5. The summed E-state index contributed by atoms with van der Waals surface area (Å²) in [6, 6.07) is 8.39. The van der Waals surface area contributed by atoms with Crippen molar-refractivity contribution in [3.05, 3.63) is 42.5 Å². The molecule has 0 aromatic heterocycles. The quantitative estimate of drug-likeness (QED) is 0.782. The van der Waals surface area contributed by atoms with Crippen molar-refractivity contribution >= 4 is 0 Å². The smallest absolute Gasteiger partial charge is 0.124 e. The third kappa shape index (κ3) is 3.12. The Bertz CT molecular complexity index is 392. The van der Waals surface area contributed by atoms with Crippen LogP contribution in [-0.4, -0.2) is 35.8 Å². The molecule has 1 N–H and O–H groups in total. The van der Waals surface area contributed by atoms with Crippen LogP contribution in [0.4, 0.5) is 0 Å². The fraction of sp³-hybridized carbons (Fsp3) is 0.467. The van der Waals surface area contributed by atoms with E-state index < -0.39 is 0 Å². The lowest BCUT2D eigenvalue weighted by molar-refractivity contribution is 0.152. The number of ether oxygens (including phenoxy) is 1. The highest BCUT2D eigenvalue weighted by molar-refractivity contribution is 5.33. The SMILES string of the molecule is C=CCOc1ccccc1CN1CCCC1CO. The maximum Gasteiger partial charge on any atom is 0.124 e. The molecule has 0 bridgehead atoms. The predicted molar refractivity (Wildman–Crippen MR) is 72.7 cm³/mol. The highest BCUT2D eigenvalue weighted by Crippen LogP contribution is 2.24. The molecule has 0 radical (unpaired) electrons. The normalized spacial score (nSPS) is 19.9. The minimum absolute atomic E-state index is 0.246. The summed E-state index contributed by atoms with van der Waals surface area (Å²) < 4.78 is 5.66. The van der Waals surface area contributed by atoms with Crippen LogP contribution in [0.25, 0.3) is 0 Å². The van der Waals surface area contributed by atoms with E-state index in [9.17, 15) is 5.11 Å². The summed E-state index contributed by atoms with van der Waals surface area (Å²) >= 11 is 0. The first kappa shape index (κ1) is 13.1. The van der Waals surface area contributed by atoms with Crippen LogP contribution in [0.1, 0.15) is 18.4 Å². The number of rotatable bonds is 6. The number of likely N-dealkylation sites (tertiary alicyclic amines) is 1. The molecule has 1 aromatic carbocycles. The molecule has 1 saturated heterocycles. The summed E-state index contributed by atoms with van der Waals surface area (Å²) in [5.74, 6) is 0.918. The van der Waals surface area contributed by atoms with Gasteiger partial charge in [0.1, 0.15) is 12.4 Å². The molecule has 1 aliphatic heterocycles. The summed E-state index contributed by atoms with van der Waals surface area (Å²) in [6.45, 7) is 6.34. The lowest BCUT2D eigenvalue weighted by Gasteiger charge is -2.23. The molecular formula is C15H21NO2. The van der Waals surface area contributed by atoms with E-state index in [2.05, 4.69) is 17.5 Å². The Morgan fingerprint density at radius 1 is 1.44 bits per heavy atom. The Hall–Kier alpha value is -1.32. The van der Waals surface area contributed by atoms with E-state index in [0.717, 1.165) is 25.3 Å². The first-order valence-corrected chi connectivity index (χ1v) is 6.51. The van der Waals surface area contributed by atoms with Gasteiger partial charge < -0.3 is 9.84 Å². The summed E-state index contributed by atoms with van der Waals surface area (Å²) in [4.78, 5) is 2.33. The third-order valence-corrected chi connectivity index (χ3v) is 3.41. The molecule has 3 nitrogen and oxygen atoms in total. The van der Waals surface area contributed by atoms with Crippen molar-refractivity contribution in [1.82, 2.24) is 4.90 Å². The molecular weight excluding hydrogens is 226 g/mol. The van der Waals surface area contributed by atoms with E-state index in [0.29, 0.717) is 12.6 Å². The van der Waals surface area contributed by atoms with Crippen LogP contribution < -0.4 is 4.74 Å². The number of para-hydroxylation sites is 1. The molecule has 98 valence electrons. The molecule has 1 heterocycles. The van der Waals surface area contributed by atoms with Crippen molar-refractivity contribution in [3.8, 4) is 5.75 Å². The van der Waals surface area contributed by atoms with E-state index in [1.54, 1.807) is 6.08 Å². The fourth-order valence-electron chi connectivity index (χ4n) is 2.45. The number of aliphatic hydroxyl groups excluding tert-OH is 1. The molecule has 1 aliphatic rings. The van der Waals surface area contributed by atoms with Crippen molar-refractivity contribution in [2.24, 2.45) is 0 Å². The molecule has 1 fully saturated rings. The van der Waals surface area contributed by atoms with Gasteiger partial charge in [0, 0.05) is 18.2 Å². The van der Waals surface area contributed by atoms with Crippen LogP contribution in [0.5, 0.6) is 5.75 Å². The summed E-state index contributed by atoms with van der Waals surface area (Å²) in [6.07, 6.45) is 4.01. The molecule has 1 atom stereocenters. The number of nitrogens with zero attached hydrogens (tertiary/aromatic N) is 1. The van der Waals surface area contributed by atoms with Crippen LogP contribution in [0.3, 0.4) is 0 Å². The number of benzene rings is 1. The van der Waals surface area contributed by atoms with Crippen LogP contribution in [-0.2, 0) is 6.54 Å². The number of hydrogen-bond donors (Lipinski definition) is 1. The summed E-state index contributed by atoms with van der Waals surface area (Å²) in [7, 11) is 0. The van der Waals surface area contributed by atoms with Gasteiger partial charge in [0.2, 0.25) is 0 Å². The van der Waals surface area contributed by atoms with E-state index >= 15 is 0 Å². The van der Waals surface area contributed by atoms with Crippen molar-refractivity contribution in [3.63, 3.8) is 0 Å². The van der Waals surface area contributed by atoms with Crippen LogP contribution in [0.15, 0.2) is 36.9 Å². The first-order valence-electron chi connectivity index (χ1n) is 6.51. The zero-order valence-corrected chi connectivity index (χ0v) is 10.7. The minimum Gasteiger partial charge on any atom is -0.489 e. The van der Waals surface area contributed by atoms with Crippen LogP contribution in [0, 0.1) is 0 Å². The van der Waals surface area contributed by atoms with Gasteiger partial charge in [-0.1, -0.05) is 30.9 Å². The Balaban J connectivity index is 2.05. The van der Waals surface area contributed by atoms with Crippen LogP contribution >= 0.6 is 0 Å². The number of hydrogen-bond acceptors (Lipinski definition) is 3. The Kier molecular flexibility index (Phi) is 4.79. The van der Waals surface area contributed by atoms with Gasteiger partial charge in [0.15, 0.2) is 0 Å². The van der Waals surface area contributed by atoms with Crippen molar-refractivity contribution < 1.29 is 9.84 Å². The maximum atomic E-state index is 9.34. The minimum atomic E-state index is 0.246. The molecule has 1 unspecified atom stereocenters. The second-order valence-electron chi connectivity index (χ2n) is 4.66. The zero-order valence-electron chi connectivity index (χ0n) is 10.7. The molecule has 3 heteroatoms. The largest absolute Gasteiger partial charge is 0.489 e. The van der Waals surface area contributed by atoms with Crippen LogP contribution in [0.2, 0.25) is 0 Å². The lowest BCUT2D eigenvalue weighted by atomic mass is 10.1. The summed E-state index contributed by atoms with van der Waals surface area (Å²) in [5, 5.41) is 9.34. The Labute approximate surface area is 109 Å². The van der Waals surface area contributed by atoms with Gasteiger partial charge >= 0.3 is 0 Å². The van der Waals surface area contributed by atoms with Gasteiger partial charge in [-0.2, -0.15) is 0 Å². The van der Waals surface area contributed by atoms with E-state index in [4.69, 9.17) is 4.74 Å². The molecule has 2 rings (SSSR count). The third-order valence-electron chi connectivity index (χ3n) is 3.41. The van der Waals surface area contributed by atoms with Gasteiger partial charge in [-0.15, -0.1) is 0 Å². The fourth-order valence-corrected chi connectivity index (χ4v) is 2.45. The molecule has 0 saturated carbocycles. The molecule has 0 spiro atoms. The lowest BCUT2D eigenvalue weighted by Crippen LogP contribution is -2.31. The molecule has 0 amide bonds. The standard InChI is InChI=1S/C15H21NO2/c1-2-10-18-15-8-4-3-6-13(15)11-16-9-5-7-14(16)12-17/h2-4,6,8,14,17H,1,5,7,9-12H2. The maximum absolute atomic E-state index is 9.34. The molecule has 0 aliphatic carbocycles. The van der Waals surface area contributed by atoms with E-state index in [1.165, 1.54) is 12.0 Å². The predicted octanol–water partition coefficient (Wildman–Crippen LogP) is 2.21. The average molecular weight is 247 g/mol. The summed E-state index contributed by atoms with van der Waals surface area (Å²) in [5.41, 5.74) is 1.18. The van der Waals surface area contributed by atoms with E-state index in [1.807, 2.05) is 18.2 Å². The second kappa shape index (κ2) is 6.57. The van der Waals surface area contributed by atoms with E-state index in [-0.39, 0.29) is 6.61 Å². The van der Waals surface area contributed by atoms with Gasteiger partial charge in [-0.3, -0.25) is 4.90 Å². The van der Waals surface area contributed by atoms with Gasteiger partial charge in [-0.25, -0.2) is 0 Å². The topological polar surface area (TPSA) is 32.7 Å². The highest BCUT2D eigenvalue weighted by Gasteiger charge is 2.24. The monoisotopic (exact) mass is 247 g/mol. The first-order chi connectivity index (χ1) is 8.85. The van der Waals surface area contributed by atoms with Crippen molar-refractivity contribution in [2.75, 3.05) is 19.8 Å². The average Bonchev–Trinajstić information content (AvgIpc) is 2.85. The second-order valence-corrected chi connectivity index (χ2v) is 4.66. The van der Waals surface area contributed by atoms with Gasteiger partial charge in [0.25, 0.3) is 0 Å². The number of aliphatic hydroxyl groups is 1. The Morgan fingerprint density at radius 2 is 2.28 bits per heavy atom.